The zero-order valence-corrected chi connectivity index (χ0v) is 38.2. The monoisotopic (exact) mass is 825 g/mol. The van der Waals surface area contributed by atoms with Crippen molar-refractivity contribution in [3.63, 3.8) is 0 Å². The normalized spacial score (nSPS) is 13.7. The molecule has 0 rings (SSSR count). The van der Waals surface area contributed by atoms with Crippen molar-refractivity contribution >= 4 is 17.9 Å². The molecule has 0 aromatic rings. The van der Waals surface area contributed by atoms with E-state index in [0.29, 0.717) is 19.3 Å². The van der Waals surface area contributed by atoms with Gasteiger partial charge in [0.25, 0.3) is 0 Å². The molecule has 0 aliphatic carbocycles. The second-order valence-corrected chi connectivity index (χ2v) is 16.3. The van der Waals surface area contributed by atoms with Gasteiger partial charge in [-0.15, -0.1) is 0 Å². The second-order valence-electron chi connectivity index (χ2n) is 16.3. The highest BCUT2D eigenvalue weighted by Crippen LogP contribution is 2.12. The maximum Gasteiger partial charge on any atom is 0.362 e. The Labute approximate surface area is 361 Å². The Morgan fingerprint density at radius 1 is 0.525 bits per heavy atom. The fourth-order valence-electron chi connectivity index (χ4n) is 6.21. The summed E-state index contributed by atoms with van der Waals surface area (Å²) in [5, 5.41) is 9.63. The first-order valence-corrected chi connectivity index (χ1v) is 23.1. The summed E-state index contributed by atoms with van der Waals surface area (Å²) in [6, 6.07) is -0.627. The molecule has 0 bridgehead atoms. The minimum atomic E-state index is -0.886. The maximum absolute atomic E-state index is 12.7. The Morgan fingerprint density at radius 3 is 1.42 bits per heavy atom. The fourth-order valence-corrected chi connectivity index (χ4v) is 6.21. The van der Waals surface area contributed by atoms with Crippen molar-refractivity contribution in [3.8, 4) is 0 Å². The van der Waals surface area contributed by atoms with Gasteiger partial charge in [0.05, 0.1) is 34.4 Å². The lowest BCUT2D eigenvalue weighted by atomic mass is 10.1. The summed E-state index contributed by atoms with van der Waals surface area (Å²) in [4.78, 5) is 37.0. The van der Waals surface area contributed by atoms with Gasteiger partial charge < -0.3 is 23.8 Å². The van der Waals surface area contributed by atoms with Crippen LogP contribution in [0.4, 0.5) is 0 Å². The number of hydrogen-bond donors (Lipinski definition) is 1. The predicted octanol–water partition coefficient (Wildman–Crippen LogP) is 12.9. The van der Waals surface area contributed by atoms with Crippen LogP contribution in [0.15, 0.2) is 85.1 Å². The molecule has 8 heteroatoms. The van der Waals surface area contributed by atoms with Crippen molar-refractivity contribution in [1.82, 2.24) is 0 Å². The Bertz CT molecular complexity index is 1240. The molecular formula is C51H86NO7+. The van der Waals surface area contributed by atoms with E-state index in [-0.39, 0.29) is 42.7 Å². The molecule has 336 valence electrons. The number of carbonyl (C=O) groups excluding carboxylic acids is 2. The van der Waals surface area contributed by atoms with Gasteiger partial charge in [-0.25, -0.2) is 4.79 Å². The third kappa shape index (κ3) is 39.7. The number of unbranched alkanes of at least 4 members (excludes halogenated alkanes) is 12. The van der Waals surface area contributed by atoms with E-state index in [1.54, 1.807) is 0 Å². The molecular weight excluding hydrogens is 739 g/mol. The molecule has 2 unspecified atom stereocenters. The number of aliphatic carboxylic acids is 1. The molecule has 0 aromatic carbocycles. The Balaban J connectivity index is 4.42. The minimum Gasteiger partial charge on any atom is -0.477 e. The zero-order valence-electron chi connectivity index (χ0n) is 38.2. The molecule has 0 saturated carbocycles. The predicted molar refractivity (Wildman–Crippen MR) is 247 cm³/mol. The number of carboxylic acid groups (broad SMARTS) is 1. The lowest BCUT2D eigenvalue weighted by Crippen LogP contribution is -2.50. The first kappa shape index (κ1) is 55.5. The summed E-state index contributed by atoms with van der Waals surface area (Å²) >= 11 is 0. The quantitative estimate of drug-likeness (QED) is 0.0284. The van der Waals surface area contributed by atoms with Crippen LogP contribution < -0.4 is 0 Å². The smallest absolute Gasteiger partial charge is 0.362 e. The SMILES string of the molecule is CC/C=C/C/C=C/C/C=C/C/C=C/C/C=C/C/C=C/CCCCCC(=O)OC(COCCC(C(=O)O)[N+](C)(C)C)COC(=O)CCCCC/C=C/CCCCCCCC. The van der Waals surface area contributed by atoms with Gasteiger partial charge in [0.2, 0.25) is 0 Å². The molecule has 0 aliphatic heterocycles. The van der Waals surface area contributed by atoms with Gasteiger partial charge in [0.15, 0.2) is 12.1 Å². The third-order valence-corrected chi connectivity index (χ3v) is 9.78. The van der Waals surface area contributed by atoms with Crippen molar-refractivity contribution in [2.45, 2.75) is 180 Å². The van der Waals surface area contributed by atoms with E-state index < -0.39 is 18.1 Å². The summed E-state index contributed by atoms with van der Waals surface area (Å²) in [6.07, 6.45) is 53.4. The van der Waals surface area contributed by atoms with E-state index in [1.165, 1.54) is 38.5 Å². The van der Waals surface area contributed by atoms with Crippen LogP contribution >= 0.6 is 0 Å². The van der Waals surface area contributed by atoms with Crippen LogP contribution in [0.3, 0.4) is 0 Å². The molecule has 0 aromatic heterocycles. The number of esters is 2. The first-order chi connectivity index (χ1) is 28.6. The van der Waals surface area contributed by atoms with Gasteiger partial charge in [-0.1, -0.05) is 144 Å². The number of hydrogen-bond acceptors (Lipinski definition) is 6. The summed E-state index contributed by atoms with van der Waals surface area (Å²) in [5.41, 5.74) is 0. The summed E-state index contributed by atoms with van der Waals surface area (Å²) in [7, 11) is 5.50. The average molecular weight is 825 g/mol. The molecule has 0 spiro atoms. The van der Waals surface area contributed by atoms with Crippen LogP contribution in [0, 0.1) is 0 Å². The highest BCUT2D eigenvalue weighted by molar-refractivity contribution is 5.72. The van der Waals surface area contributed by atoms with Crippen molar-refractivity contribution < 1.29 is 38.2 Å². The van der Waals surface area contributed by atoms with Crippen LogP contribution in [0.2, 0.25) is 0 Å². The number of ether oxygens (including phenoxy) is 3. The second kappa shape index (κ2) is 41.3. The molecule has 0 heterocycles. The Kier molecular flexibility index (Phi) is 38.8. The van der Waals surface area contributed by atoms with Crippen molar-refractivity contribution in [2.75, 3.05) is 41.0 Å². The molecule has 0 saturated heterocycles. The summed E-state index contributed by atoms with van der Waals surface area (Å²) in [5.74, 6) is -1.54. The van der Waals surface area contributed by atoms with Gasteiger partial charge in [0, 0.05) is 19.3 Å². The summed E-state index contributed by atoms with van der Waals surface area (Å²) in [6.45, 7) is 4.55. The standard InChI is InChI=1S/C51H85NO7/c1-6-8-10-12-14-16-18-20-21-22-23-24-25-26-27-28-30-32-34-36-38-40-42-50(54)59-47(45-57-44-43-48(51(55)56)52(3,4)5)46-58-49(53)41-39-37-35-33-31-29-19-17-15-13-11-9-7-2/h8,10,14,16,20-21,23-24,26-27,29-32,47-48H,6-7,9,11-13,15,17-19,22,25,28,33-46H2,1-5H3/p+1/b10-8+,16-14+,21-20+,24-23+,27-26+,31-29+,32-30+. The maximum atomic E-state index is 12.7. The van der Waals surface area contributed by atoms with Gasteiger partial charge in [-0.05, 0) is 89.9 Å². The van der Waals surface area contributed by atoms with Gasteiger partial charge >= 0.3 is 17.9 Å². The van der Waals surface area contributed by atoms with Crippen LogP contribution in [0.5, 0.6) is 0 Å². The number of rotatable bonds is 40. The summed E-state index contributed by atoms with van der Waals surface area (Å²) < 4.78 is 17.2. The number of likely N-dealkylation sites (N-methyl/N-ethyl adjacent to an activating group) is 1. The number of allylic oxidation sites excluding steroid dienone is 14. The van der Waals surface area contributed by atoms with Crippen LogP contribution in [0.25, 0.3) is 0 Å². The van der Waals surface area contributed by atoms with E-state index in [0.717, 1.165) is 89.9 Å². The van der Waals surface area contributed by atoms with E-state index in [4.69, 9.17) is 14.2 Å². The molecule has 59 heavy (non-hydrogen) atoms. The lowest BCUT2D eigenvalue weighted by molar-refractivity contribution is -0.887. The van der Waals surface area contributed by atoms with Crippen molar-refractivity contribution in [2.24, 2.45) is 0 Å². The Morgan fingerprint density at radius 2 is 0.949 bits per heavy atom. The largest absolute Gasteiger partial charge is 0.477 e. The van der Waals surface area contributed by atoms with Gasteiger partial charge in [-0.2, -0.15) is 0 Å². The number of carboxylic acids is 1. The average Bonchev–Trinajstić information content (AvgIpc) is 3.19. The molecule has 0 aliphatic rings. The minimum absolute atomic E-state index is 0.0380. The van der Waals surface area contributed by atoms with Crippen molar-refractivity contribution in [3.05, 3.63) is 85.1 Å². The van der Waals surface area contributed by atoms with E-state index in [2.05, 4.69) is 98.9 Å². The molecule has 8 nitrogen and oxygen atoms in total. The molecule has 0 fully saturated rings. The molecule has 0 amide bonds. The van der Waals surface area contributed by atoms with E-state index in [9.17, 15) is 19.5 Å². The number of quaternary nitrogens is 1. The van der Waals surface area contributed by atoms with E-state index >= 15 is 0 Å². The Hall–Kier alpha value is -3.49. The van der Waals surface area contributed by atoms with Gasteiger partial charge in [0.1, 0.15) is 6.61 Å². The highest BCUT2D eigenvalue weighted by atomic mass is 16.6. The topological polar surface area (TPSA) is 99.1 Å². The van der Waals surface area contributed by atoms with Crippen LogP contribution in [0.1, 0.15) is 168 Å². The zero-order chi connectivity index (χ0) is 43.5. The molecule has 2 atom stereocenters. The van der Waals surface area contributed by atoms with Gasteiger partial charge in [-0.3, -0.25) is 9.59 Å². The number of nitrogens with zero attached hydrogens (tertiary/aromatic N) is 1. The molecule has 1 N–H and O–H groups in total. The highest BCUT2D eigenvalue weighted by Gasteiger charge is 2.31. The van der Waals surface area contributed by atoms with Crippen molar-refractivity contribution in [1.29, 1.82) is 0 Å². The fraction of sp³-hybridized carbons (Fsp3) is 0.667. The number of carbonyl (C=O) groups is 3. The van der Waals surface area contributed by atoms with Crippen LogP contribution in [-0.2, 0) is 28.6 Å². The molecule has 0 radical (unpaired) electrons. The third-order valence-electron chi connectivity index (χ3n) is 9.78. The lowest BCUT2D eigenvalue weighted by Gasteiger charge is -2.31. The first-order valence-electron chi connectivity index (χ1n) is 23.1. The van der Waals surface area contributed by atoms with E-state index in [1.807, 2.05) is 21.1 Å². The van der Waals surface area contributed by atoms with Crippen LogP contribution in [-0.4, -0.2) is 80.6 Å².